The molecule has 2 atom stereocenters. The molecule has 2 aliphatic heterocycles. The van der Waals surface area contributed by atoms with Crippen LogP contribution < -0.4 is 10.9 Å². The summed E-state index contributed by atoms with van der Waals surface area (Å²) >= 11 is 0. The molecule has 1 N–H and O–H groups in total. The summed E-state index contributed by atoms with van der Waals surface area (Å²) in [4.78, 5) is 36.0. The second kappa shape index (κ2) is 7.74. The zero-order chi connectivity index (χ0) is 20.5. The predicted octanol–water partition coefficient (Wildman–Crippen LogP) is 2.36. The normalized spacial score (nSPS) is 19.8. The lowest BCUT2D eigenvalue weighted by Gasteiger charge is -2.43. The minimum atomic E-state index is 0.0147. The van der Waals surface area contributed by atoms with Crippen LogP contribution in [0.15, 0.2) is 65.8 Å². The number of pyridine rings is 3. The van der Waals surface area contributed by atoms with E-state index in [2.05, 4.69) is 21.4 Å². The van der Waals surface area contributed by atoms with E-state index in [1.807, 2.05) is 39.8 Å². The van der Waals surface area contributed by atoms with Gasteiger partial charge in [-0.3, -0.25) is 19.6 Å². The molecule has 1 saturated heterocycles. The van der Waals surface area contributed by atoms with Gasteiger partial charge in [-0.2, -0.15) is 0 Å². The van der Waals surface area contributed by atoms with Crippen LogP contribution >= 0.6 is 0 Å². The Labute approximate surface area is 174 Å². The Kier molecular flexibility index (Phi) is 4.78. The number of rotatable bonds is 4. The van der Waals surface area contributed by atoms with Crippen LogP contribution in [0.2, 0.25) is 0 Å². The Bertz CT molecular complexity index is 1110. The van der Waals surface area contributed by atoms with Crippen molar-refractivity contribution in [2.75, 3.05) is 25.0 Å². The molecule has 5 heterocycles. The Morgan fingerprint density at radius 2 is 2.03 bits per heavy atom. The van der Waals surface area contributed by atoms with Crippen molar-refractivity contribution in [3.63, 3.8) is 0 Å². The summed E-state index contributed by atoms with van der Waals surface area (Å²) in [5.74, 6) is 0.540. The SMILES string of the molecule is O=C(CNc1cccnc1)N1C[C@@H]2C[C@H](C1)c1cc(-c3ccccn3)cc(=O)n1C2. The van der Waals surface area contributed by atoms with Crippen molar-refractivity contribution in [3.8, 4) is 11.3 Å². The highest BCUT2D eigenvalue weighted by atomic mass is 16.2. The molecule has 1 amide bonds. The van der Waals surface area contributed by atoms with Crippen LogP contribution in [0.4, 0.5) is 5.69 Å². The third-order valence-corrected chi connectivity index (χ3v) is 5.97. The summed E-state index contributed by atoms with van der Waals surface area (Å²) in [6.45, 7) is 2.23. The number of hydrogen-bond donors (Lipinski definition) is 1. The van der Waals surface area contributed by atoms with Crippen LogP contribution in [0.5, 0.6) is 0 Å². The number of anilines is 1. The third kappa shape index (κ3) is 3.58. The van der Waals surface area contributed by atoms with Crippen molar-refractivity contribution in [1.82, 2.24) is 19.4 Å². The summed E-state index contributed by atoms with van der Waals surface area (Å²) in [5, 5.41) is 3.15. The number of nitrogens with zero attached hydrogens (tertiary/aromatic N) is 4. The highest BCUT2D eigenvalue weighted by Gasteiger charge is 2.36. The van der Waals surface area contributed by atoms with Gasteiger partial charge in [0.2, 0.25) is 5.91 Å². The summed E-state index contributed by atoms with van der Waals surface area (Å²) < 4.78 is 1.89. The standard InChI is InChI=1S/C23H23N5O2/c29-22-10-17(20-5-1-2-7-25-20)9-21-18-8-16(14-28(21)22)13-27(15-18)23(30)12-26-19-4-3-6-24-11-19/h1-7,9-11,16,18,26H,8,12-15H2/t16-,18+/m0/s1. The molecule has 3 aromatic heterocycles. The van der Waals surface area contributed by atoms with Crippen LogP contribution in [0, 0.1) is 5.92 Å². The van der Waals surface area contributed by atoms with E-state index in [0.717, 1.165) is 29.1 Å². The lowest BCUT2D eigenvalue weighted by atomic mass is 9.82. The van der Waals surface area contributed by atoms with E-state index < -0.39 is 0 Å². The summed E-state index contributed by atoms with van der Waals surface area (Å²) in [7, 11) is 0. The topological polar surface area (TPSA) is 80.1 Å². The maximum Gasteiger partial charge on any atom is 0.251 e. The van der Waals surface area contributed by atoms with Gasteiger partial charge in [-0.05, 0) is 42.7 Å². The molecule has 3 aromatic rings. The quantitative estimate of drug-likeness (QED) is 0.726. The smallest absolute Gasteiger partial charge is 0.251 e. The fourth-order valence-electron chi connectivity index (χ4n) is 4.60. The molecule has 2 aliphatic rings. The largest absolute Gasteiger partial charge is 0.375 e. The van der Waals surface area contributed by atoms with Crippen molar-refractivity contribution >= 4 is 11.6 Å². The van der Waals surface area contributed by atoms with Crippen molar-refractivity contribution in [3.05, 3.63) is 77.1 Å². The van der Waals surface area contributed by atoms with Crippen molar-refractivity contribution in [2.24, 2.45) is 5.92 Å². The second-order valence-corrected chi connectivity index (χ2v) is 8.03. The van der Waals surface area contributed by atoms with Gasteiger partial charge in [0.25, 0.3) is 5.56 Å². The van der Waals surface area contributed by atoms with Gasteiger partial charge >= 0.3 is 0 Å². The molecule has 152 valence electrons. The van der Waals surface area contributed by atoms with Gasteiger partial charge in [0.05, 0.1) is 17.9 Å². The number of aromatic nitrogens is 3. The maximum absolute atomic E-state index is 12.8. The molecule has 7 nitrogen and oxygen atoms in total. The van der Waals surface area contributed by atoms with E-state index in [9.17, 15) is 9.59 Å². The Morgan fingerprint density at radius 3 is 2.83 bits per heavy atom. The molecule has 0 aromatic carbocycles. The molecule has 0 radical (unpaired) electrons. The zero-order valence-corrected chi connectivity index (χ0v) is 16.6. The molecular weight excluding hydrogens is 378 g/mol. The van der Waals surface area contributed by atoms with Crippen LogP contribution in [0.25, 0.3) is 11.3 Å². The average molecular weight is 401 g/mol. The minimum Gasteiger partial charge on any atom is -0.375 e. The first kappa shape index (κ1) is 18.5. The molecule has 30 heavy (non-hydrogen) atoms. The number of carbonyl (C=O) groups is 1. The number of amides is 1. The molecule has 0 aliphatic carbocycles. The fourth-order valence-corrected chi connectivity index (χ4v) is 4.60. The number of fused-ring (bicyclic) bond motifs is 4. The van der Waals surface area contributed by atoms with Crippen molar-refractivity contribution in [1.29, 1.82) is 0 Å². The van der Waals surface area contributed by atoms with Gasteiger partial charge in [0, 0.05) is 61.5 Å². The van der Waals surface area contributed by atoms with Gasteiger partial charge < -0.3 is 14.8 Å². The van der Waals surface area contributed by atoms with E-state index >= 15 is 0 Å². The van der Waals surface area contributed by atoms with Crippen LogP contribution in [-0.4, -0.2) is 45.0 Å². The molecule has 7 heteroatoms. The molecular formula is C23H23N5O2. The Morgan fingerprint density at radius 1 is 1.10 bits per heavy atom. The number of nitrogens with one attached hydrogen (secondary N) is 1. The summed E-state index contributed by atoms with van der Waals surface area (Å²) in [6.07, 6.45) is 6.15. The van der Waals surface area contributed by atoms with E-state index in [0.29, 0.717) is 25.6 Å². The predicted molar refractivity (Wildman–Crippen MR) is 114 cm³/mol. The van der Waals surface area contributed by atoms with Gasteiger partial charge in [0.15, 0.2) is 0 Å². The average Bonchev–Trinajstić information content (AvgIpc) is 2.79. The van der Waals surface area contributed by atoms with Gasteiger partial charge in [-0.25, -0.2) is 0 Å². The molecule has 0 spiro atoms. The Balaban J connectivity index is 1.36. The van der Waals surface area contributed by atoms with Crippen LogP contribution in [0.1, 0.15) is 18.0 Å². The third-order valence-electron chi connectivity index (χ3n) is 5.97. The minimum absolute atomic E-state index is 0.0147. The lowest BCUT2D eigenvalue weighted by Crippen LogP contribution is -2.50. The van der Waals surface area contributed by atoms with E-state index in [-0.39, 0.29) is 23.9 Å². The first-order valence-corrected chi connectivity index (χ1v) is 10.3. The zero-order valence-electron chi connectivity index (χ0n) is 16.6. The number of likely N-dealkylation sites (tertiary alicyclic amines) is 1. The maximum atomic E-state index is 12.8. The van der Waals surface area contributed by atoms with Crippen molar-refractivity contribution in [2.45, 2.75) is 18.9 Å². The van der Waals surface area contributed by atoms with Crippen molar-refractivity contribution < 1.29 is 4.79 Å². The van der Waals surface area contributed by atoms with Crippen LogP contribution in [-0.2, 0) is 11.3 Å². The number of carbonyl (C=O) groups excluding carboxylic acids is 1. The fraction of sp³-hybridized carbons (Fsp3) is 0.304. The number of hydrogen-bond acceptors (Lipinski definition) is 5. The molecule has 1 fully saturated rings. The number of piperidine rings is 1. The van der Waals surface area contributed by atoms with Gasteiger partial charge in [-0.1, -0.05) is 6.07 Å². The first-order chi connectivity index (χ1) is 14.7. The lowest BCUT2D eigenvalue weighted by molar-refractivity contribution is -0.132. The van der Waals surface area contributed by atoms with E-state index in [1.165, 1.54) is 0 Å². The van der Waals surface area contributed by atoms with Gasteiger partial charge in [-0.15, -0.1) is 0 Å². The molecule has 2 bridgehead atoms. The monoisotopic (exact) mass is 401 g/mol. The van der Waals surface area contributed by atoms with E-state index in [1.54, 1.807) is 24.7 Å². The van der Waals surface area contributed by atoms with Crippen LogP contribution in [0.3, 0.4) is 0 Å². The first-order valence-electron chi connectivity index (χ1n) is 10.3. The summed E-state index contributed by atoms with van der Waals surface area (Å²) in [6, 6.07) is 13.2. The highest BCUT2D eigenvalue weighted by Crippen LogP contribution is 2.36. The highest BCUT2D eigenvalue weighted by molar-refractivity contribution is 5.81. The van der Waals surface area contributed by atoms with Gasteiger partial charge in [0.1, 0.15) is 0 Å². The second-order valence-electron chi connectivity index (χ2n) is 8.03. The molecule has 5 rings (SSSR count). The molecule has 0 saturated carbocycles. The van der Waals surface area contributed by atoms with E-state index in [4.69, 9.17) is 0 Å². The summed E-state index contributed by atoms with van der Waals surface area (Å²) in [5.41, 5.74) is 3.49. The Hall–Kier alpha value is -3.48. The molecule has 0 unspecified atom stereocenters.